The molecule has 3 aliphatic heterocycles. The molecule has 7 nitrogen and oxygen atoms in total. The monoisotopic (exact) mass is 338 g/mol. The molecule has 0 bridgehead atoms. The number of rotatable bonds is 4. The zero-order chi connectivity index (χ0) is 17.1. The smallest absolute Gasteiger partial charge is 0.242 e. The van der Waals surface area contributed by atoms with E-state index in [-0.39, 0.29) is 36.6 Å². The Kier molecular flexibility index (Phi) is 5.73. The fourth-order valence-corrected chi connectivity index (χ4v) is 4.15. The maximum absolute atomic E-state index is 12.7. The summed E-state index contributed by atoms with van der Waals surface area (Å²) in [5.41, 5.74) is 0. The van der Waals surface area contributed by atoms with Gasteiger partial charge in [-0.25, -0.2) is 0 Å². The number of morpholine rings is 1. The third kappa shape index (κ3) is 4.26. The predicted molar refractivity (Wildman–Crippen MR) is 90.6 cm³/mol. The zero-order valence-electron chi connectivity index (χ0n) is 14.9. The molecule has 3 heterocycles. The number of likely N-dealkylation sites (tertiary alicyclic amines) is 1. The van der Waals surface area contributed by atoms with Crippen molar-refractivity contribution in [2.45, 2.75) is 44.9 Å². The number of nitrogens with one attached hydrogen (secondary N) is 1. The molecule has 1 N–H and O–H groups in total. The average molecular weight is 338 g/mol. The third-order valence-corrected chi connectivity index (χ3v) is 5.18. The first kappa shape index (κ1) is 17.6. The van der Waals surface area contributed by atoms with Gasteiger partial charge in [0.1, 0.15) is 0 Å². The second kappa shape index (κ2) is 7.80. The van der Waals surface area contributed by atoms with Gasteiger partial charge in [-0.3, -0.25) is 14.5 Å². The molecule has 0 aromatic heterocycles. The molecule has 0 spiro atoms. The van der Waals surface area contributed by atoms with Crippen LogP contribution in [0.2, 0.25) is 0 Å². The average Bonchev–Trinajstić information content (AvgIpc) is 2.96. The van der Waals surface area contributed by atoms with Crippen molar-refractivity contribution in [1.82, 2.24) is 20.0 Å². The minimum Gasteiger partial charge on any atom is -0.373 e. The van der Waals surface area contributed by atoms with Gasteiger partial charge in [0, 0.05) is 45.3 Å². The fraction of sp³-hybridized carbons (Fsp3) is 0.882. The van der Waals surface area contributed by atoms with E-state index in [1.807, 2.05) is 4.90 Å². The van der Waals surface area contributed by atoms with Crippen molar-refractivity contribution in [1.29, 1.82) is 0 Å². The highest BCUT2D eigenvalue weighted by Gasteiger charge is 2.33. The van der Waals surface area contributed by atoms with Gasteiger partial charge in [0.05, 0.1) is 25.3 Å². The molecule has 0 unspecified atom stereocenters. The number of nitrogens with zero attached hydrogens (tertiary/aromatic N) is 3. The van der Waals surface area contributed by atoms with Crippen LogP contribution in [0.3, 0.4) is 0 Å². The number of hydrogen-bond donors (Lipinski definition) is 1. The largest absolute Gasteiger partial charge is 0.373 e. The van der Waals surface area contributed by atoms with Crippen LogP contribution in [0.1, 0.15) is 26.7 Å². The van der Waals surface area contributed by atoms with E-state index in [1.54, 1.807) is 4.90 Å². The van der Waals surface area contributed by atoms with Gasteiger partial charge in [0.15, 0.2) is 0 Å². The molecule has 24 heavy (non-hydrogen) atoms. The van der Waals surface area contributed by atoms with E-state index in [9.17, 15) is 9.59 Å². The van der Waals surface area contributed by atoms with E-state index in [1.165, 1.54) is 0 Å². The highest BCUT2D eigenvalue weighted by molar-refractivity contribution is 5.86. The molecule has 0 aliphatic carbocycles. The molecule has 136 valence electrons. The molecule has 3 aliphatic rings. The number of carbonyl (C=O) groups excluding carboxylic acids is 2. The van der Waals surface area contributed by atoms with Gasteiger partial charge in [0.2, 0.25) is 11.8 Å². The summed E-state index contributed by atoms with van der Waals surface area (Å²) in [7, 11) is 0. The molecule has 7 heteroatoms. The van der Waals surface area contributed by atoms with Gasteiger partial charge >= 0.3 is 0 Å². The number of carbonyl (C=O) groups is 2. The van der Waals surface area contributed by atoms with Gasteiger partial charge in [-0.05, 0) is 26.7 Å². The number of ether oxygens (including phenoxy) is 1. The standard InChI is InChI=1S/C17H30N4O3/c1-13-9-19(10-14(2)24-13)11-15-4-3-6-21(15)17(23)12-20-7-5-18-8-16(20)22/h13-15,18H,3-12H2,1-2H3/t13-,14+,15-/m0/s1. The lowest BCUT2D eigenvalue weighted by Crippen LogP contribution is -2.54. The lowest BCUT2D eigenvalue weighted by Gasteiger charge is -2.38. The normalized spacial score (nSPS) is 32.4. The van der Waals surface area contributed by atoms with Gasteiger partial charge in [0.25, 0.3) is 0 Å². The maximum Gasteiger partial charge on any atom is 0.242 e. The number of hydrogen-bond acceptors (Lipinski definition) is 5. The summed E-state index contributed by atoms with van der Waals surface area (Å²) in [6.45, 7) is 9.78. The summed E-state index contributed by atoms with van der Waals surface area (Å²) in [4.78, 5) is 30.7. The Morgan fingerprint density at radius 1 is 1.25 bits per heavy atom. The first-order chi connectivity index (χ1) is 11.5. The Morgan fingerprint density at radius 3 is 2.71 bits per heavy atom. The topological polar surface area (TPSA) is 65.1 Å². The highest BCUT2D eigenvalue weighted by atomic mass is 16.5. The van der Waals surface area contributed by atoms with Crippen LogP contribution >= 0.6 is 0 Å². The Labute approximate surface area is 144 Å². The van der Waals surface area contributed by atoms with Crippen LogP contribution in [0.5, 0.6) is 0 Å². The summed E-state index contributed by atoms with van der Waals surface area (Å²) in [6.07, 6.45) is 2.61. The molecule has 0 radical (unpaired) electrons. The first-order valence-corrected chi connectivity index (χ1v) is 9.18. The third-order valence-electron chi connectivity index (χ3n) is 5.18. The molecular weight excluding hydrogens is 308 g/mol. The van der Waals surface area contributed by atoms with Crippen molar-refractivity contribution in [3.05, 3.63) is 0 Å². The van der Waals surface area contributed by atoms with Crippen molar-refractivity contribution in [3.63, 3.8) is 0 Å². The molecule has 3 atom stereocenters. The van der Waals surface area contributed by atoms with E-state index < -0.39 is 0 Å². The van der Waals surface area contributed by atoms with E-state index in [4.69, 9.17) is 4.74 Å². The molecule has 0 saturated carbocycles. The van der Waals surface area contributed by atoms with E-state index in [2.05, 4.69) is 24.1 Å². The number of piperazine rings is 1. The first-order valence-electron chi connectivity index (χ1n) is 9.18. The Morgan fingerprint density at radius 2 is 2.00 bits per heavy atom. The SMILES string of the molecule is C[C@@H]1CN(C[C@@H]2CCCN2C(=O)CN2CCNCC2=O)C[C@H](C)O1. The summed E-state index contributed by atoms with van der Waals surface area (Å²) in [6, 6.07) is 0.271. The van der Waals surface area contributed by atoms with Crippen LogP contribution < -0.4 is 5.32 Å². The van der Waals surface area contributed by atoms with Crippen LogP contribution in [0, 0.1) is 0 Å². The second-order valence-corrected chi connectivity index (χ2v) is 7.35. The molecule has 0 aromatic carbocycles. The second-order valence-electron chi connectivity index (χ2n) is 7.35. The zero-order valence-corrected chi connectivity index (χ0v) is 14.9. The Bertz CT molecular complexity index is 463. The Balaban J connectivity index is 1.54. The molecule has 2 amide bonds. The maximum atomic E-state index is 12.7. The minimum absolute atomic E-state index is 0.0289. The van der Waals surface area contributed by atoms with Crippen LogP contribution in [-0.4, -0.2) is 97.1 Å². The molecule has 0 aromatic rings. The lowest BCUT2D eigenvalue weighted by atomic mass is 10.1. The summed E-state index contributed by atoms with van der Waals surface area (Å²) < 4.78 is 5.80. The van der Waals surface area contributed by atoms with E-state index in [0.717, 1.165) is 45.6 Å². The van der Waals surface area contributed by atoms with Gasteiger partial charge in [-0.15, -0.1) is 0 Å². The van der Waals surface area contributed by atoms with Crippen LogP contribution in [-0.2, 0) is 14.3 Å². The molecular formula is C17H30N4O3. The van der Waals surface area contributed by atoms with Crippen molar-refractivity contribution < 1.29 is 14.3 Å². The quantitative estimate of drug-likeness (QED) is 0.750. The Hall–Kier alpha value is -1.18. The van der Waals surface area contributed by atoms with Gasteiger partial charge in [-0.2, -0.15) is 0 Å². The molecule has 3 saturated heterocycles. The highest BCUT2D eigenvalue weighted by Crippen LogP contribution is 2.21. The van der Waals surface area contributed by atoms with Crippen molar-refractivity contribution in [2.75, 3.05) is 52.4 Å². The summed E-state index contributed by atoms with van der Waals surface area (Å²) in [5.74, 6) is 0.128. The number of amides is 2. The van der Waals surface area contributed by atoms with Crippen molar-refractivity contribution >= 4 is 11.8 Å². The van der Waals surface area contributed by atoms with E-state index in [0.29, 0.717) is 13.1 Å². The van der Waals surface area contributed by atoms with E-state index >= 15 is 0 Å². The minimum atomic E-state index is 0.0289. The van der Waals surface area contributed by atoms with Gasteiger partial charge in [-0.1, -0.05) is 0 Å². The summed E-state index contributed by atoms with van der Waals surface area (Å²) in [5, 5.41) is 3.04. The van der Waals surface area contributed by atoms with Crippen LogP contribution in [0.25, 0.3) is 0 Å². The summed E-state index contributed by atoms with van der Waals surface area (Å²) >= 11 is 0. The van der Waals surface area contributed by atoms with Gasteiger partial charge < -0.3 is 19.9 Å². The lowest BCUT2D eigenvalue weighted by molar-refractivity contribution is -0.142. The fourth-order valence-electron chi connectivity index (χ4n) is 4.15. The van der Waals surface area contributed by atoms with Crippen molar-refractivity contribution in [2.24, 2.45) is 0 Å². The molecule has 3 fully saturated rings. The van der Waals surface area contributed by atoms with Crippen LogP contribution in [0.15, 0.2) is 0 Å². The molecule has 3 rings (SSSR count). The van der Waals surface area contributed by atoms with Crippen molar-refractivity contribution in [3.8, 4) is 0 Å². The predicted octanol–water partition coefficient (Wildman–Crippen LogP) is -0.482. The van der Waals surface area contributed by atoms with Crippen LogP contribution in [0.4, 0.5) is 0 Å².